The maximum absolute atomic E-state index is 10.7. The fourth-order valence-corrected chi connectivity index (χ4v) is 2.45. The predicted octanol–water partition coefficient (Wildman–Crippen LogP) is 5.21. The molecule has 2 rings (SSSR count). The van der Waals surface area contributed by atoms with Gasteiger partial charge in [-0.05, 0) is 48.4 Å². The molecular weight excluding hydrogens is 372 g/mol. The number of non-ortho nitro benzene ring substituents is 1. The van der Waals surface area contributed by atoms with E-state index in [-0.39, 0.29) is 5.69 Å². The summed E-state index contributed by atoms with van der Waals surface area (Å²) in [5, 5.41) is 20.2. The van der Waals surface area contributed by atoms with E-state index in [1.807, 2.05) is 25.1 Å². The minimum absolute atomic E-state index is 0.00883. The Morgan fingerprint density at radius 2 is 2.04 bits per heavy atom. The molecule has 0 heterocycles. The van der Waals surface area contributed by atoms with Crippen molar-refractivity contribution in [3.05, 3.63) is 68.2 Å². The van der Waals surface area contributed by atoms with Crippen molar-refractivity contribution in [2.75, 3.05) is 6.61 Å². The largest absolute Gasteiger partial charge is 0.493 e. The summed E-state index contributed by atoms with van der Waals surface area (Å²) in [7, 11) is 0. The molecule has 0 fully saturated rings. The average molecular weight is 387 g/mol. The van der Waals surface area contributed by atoms with E-state index < -0.39 is 4.92 Å². The van der Waals surface area contributed by atoms with Gasteiger partial charge in [-0.15, -0.1) is 0 Å². The van der Waals surface area contributed by atoms with Gasteiger partial charge in [-0.1, -0.05) is 22.9 Å². The highest BCUT2D eigenvalue weighted by molar-refractivity contribution is 9.10. The van der Waals surface area contributed by atoms with E-state index in [0.717, 1.165) is 16.5 Å². The Bertz CT molecular complexity index is 808. The molecule has 122 valence electrons. The number of nitrogens with zero attached hydrogens (tertiary/aromatic N) is 2. The summed E-state index contributed by atoms with van der Waals surface area (Å²) in [6.07, 6.45) is 2.60. The lowest BCUT2D eigenvalue weighted by Gasteiger charge is -2.09. The van der Waals surface area contributed by atoms with Crippen LogP contribution in [0.2, 0.25) is 0 Å². The van der Waals surface area contributed by atoms with Gasteiger partial charge in [-0.25, -0.2) is 0 Å². The van der Waals surface area contributed by atoms with Crippen LogP contribution < -0.4 is 4.74 Å². The molecule has 0 aliphatic carbocycles. The second kappa shape index (κ2) is 8.27. The molecule has 2 aromatic carbocycles. The Kier molecular flexibility index (Phi) is 6.10. The fourth-order valence-electron chi connectivity index (χ4n) is 2.07. The number of hydrogen-bond acceptors (Lipinski definition) is 4. The monoisotopic (exact) mass is 386 g/mol. The predicted molar refractivity (Wildman–Crippen MR) is 96.5 cm³/mol. The Balaban J connectivity index is 2.41. The third-order valence-corrected chi connectivity index (χ3v) is 3.74. The minimum Gasteiger partial charge on any atom is -0.493 e. The number of benzene rings is 2. The standard InChI is InChI=1S/C18H15BrN2O3/c1-2-9-24-18-8-5-16(19)11-14(18)10-15(12-20)13-3-6-17(7-4-13)21(22)23/h3-8,10-11H,2,9H2,1H3/b15-10+. The summed E-state index contributed by atoms with van der Waals surface area (Å²) in [5.74, 6) is 0.690. The van der Waals surface area contributed by atoms with E-state index >= 15 is 0 Å². The molecule has 6 heteroatoms. The number of allylic oxidation sites excluding steroid dienone is 1. The van der Waals surface area contributed by atoms with Crippen molar-refractivity contribution < 1.29 is 9.66 Å². The van der Waals surface area contributed by atoms with Crippen molar-refractivity contribution in [1.29, 1.82) is 5.26 Å². The van der Waals surface area contributed by atoms with Gasteiger partial charge in [0.1, 0.15) is 5.75 Å². The number of ether oxygens (including phenoxy) is 1. The summed E-state index contributed by atoms with van der Waals surface area (Å²) < 4.78 is 6.58. The van der Waals surface area contributed by atoms with Crippen LogP contribution in [-0.4, -0.2) is 11.5 Å². The van der Waals surface area contributed by atoms with Gasteiger partial charge < -0.3 is 4.74 Å². The first-order chi connectivity index (χ1) is 11.5. The number of rotatable bonds is 6. The van der Waals surface area contributed by atoms with Gasteiger partial charge in [0.25, 0.3) is 5.69 Å². The lowest BCUT2D eigenvalue weighted by Crippen LogP contribution is -1.97. The first-order valence-corrected chi connectivity index (χ1v) is 8.13. The van der Waals surface area contributed by atoms with Gasteiger partial charge in [-0.2, -0.15) is 5.26 Å². The molecule has 0 amide bonds. The Morgan fingerprint density at radius 1 is 1.33 bits per heavy atom. The van der Waals surface area contributed by atoms with Gasteiger partial charge in [0, 0.05) is 22.2 Å². The van der Waals surface area contributed by atoms with E-state index in [1.54, 1.807) is 18.2 Å². The highest BCUT2D eigenvalue weighted by Crippen LogP contribution is 2.28. The zero-order valence-electron chi connectivity index (χ0n) is 13.0. The molecular formula is C18H15BrN2O3. The number of nitro groups is 1. The quantitative estimate of drug-likeness (QED) is 0.295. The molecule has 0 saturated carbocycles. The lowest BCUT2D eigenvalue weighted by molar-refractivity contribution is -0.384. The smallest absolute Gasteiger partial charge is 0.269 e. The normalized spacial score (nSPS) is 11.0. The number of nitro benzene ring substituents is 1. The fraction of sp³-hybridized carbons (Fsp3) is 0.167. The van der Waals surface area contributed by atoms with E-state index in [2.05, 4.69) is 22.0 Å². The molecule has 0 spiro atoms. The van der Waals surface area contributed by atoms with Crippen molar-refractivity contribution in [2.45, 2.75) is 13.3 Å². The topological polar surface area (TPSA) is 76.2 Å². The molecule has 0 aliphatic heterocycles. The molecule has 24 heavy (non-hydrogen) atoms. The van der Waals surface area contributed by atoms with Crippen molar-refractivity contribution in [3.8, 4) is 11.8 Å². The second-order valence-electron chi connectivity index (χ2n) is 5.00. The molecule has 0 N–H and O–H groups in total. The van der Waals surface area contributed by atoms with Crippen LogP contribution in [0.3, 0.4) is 0 Å². The average Bonchev–Trinajstić information content (AvgIpc) is 2.59. The van der Waals surface area contributed by atoms with Crippen LogP contribution >= 0.6 is 15.9 Å². The first kappa shape index (κ1) is 17.7. The lowest BCUT2D eigenvalue weighted by atomic mass is 10.0. The number of halogens is 1. The number of nitriles is 1. The van der Waals surface area contributed by atoms with Crippen molar-refractivity contribution in [1.82, 2.24) is 0 Å². The Labute approximate surface area is 148 Å². The molecule has 0 radical (unpaired) electrons. The third kappa shape index (κ3) is 4.43. The van der Waals surface area contributed by atoms with Crippen LogP contribution in [-0.2, 0) is 0 Å². The SMILES string of the molecule is CCCOc1ccc(Br)cc1/C=C(\C#N)c1ccc([N+](=O)[O-])cc1. The van der Waals surface area contributed by atoms with Crippen molar-refractivity contribution in [3.63, 3.8) is 0 Å². The van der Waals surface area contributed by atoms with Crippen LogP contribution in [0.4, 0.5) is 5.69 Å². The van der Waals surface area contributed by atoms with Crippen LogP contribution in [0.15, 0.2) is 46.9 Å². The minimum atomic E-state index is -0.468. The molecule has 0 atom stereocenters. The summed E-state index contributed by atoms with van der Waals surface area (Å²) in [6.45, 7) is 2.61. The van der Waals surface area contributed by atoms with E-state index in [1.165, 1.54) is 12.1 Å². The molecule has 5 nitrogen and oxygen atoms in total. The van der Waals surface area contributed by atoms with Gasteiger partial charge in [0.05, 0.1) is 23.2 Å². The van der Waals surface area contributed by atoms with Crippen molar-refractivity contribution >= 4 is 33.3 Å². The third-order valence-electron chi connectivity index (χ3n) is 3.24. The maximum atomic E-state index is 10.7. The maximum Gasteiger partial charge on any atom is 0.269 e. The van der Waals surface area contributed by atoms with Crippen molar-refractivity contribution in [2.24, 2.45) is 0 Å². The molecule has 0 saturated heterocycles. The molecule has 0 bridgehead atoms. The van der Waals surface area contributed by atoms with E-state index in [9.17, 15) is 15.4 Å². The van der Waals surface area contributed by atoms with Crippen LogP contribution in [0.1, 0.15) is 24.5 Å². The van der Waals surface area contributed by atoms with Gasteiger partial charge in [0.2, 0.25) is 0 Å². The van der Waals surface area contributed by atoms with E-state index in [0.29, 0.717) is 23.5 Å². The highest BCUT2D eigenvalue weighted by atomic mass is 79.9. The summed E-state index contributed by atoms with van der Waals surface area (Å²) in [6, 6.07) is 13.6. The van der Waals surface area contributed by atoms with Crippen LogP contribution in [0, 0.1) is 21.4 Å². The van der Waals surface area contributed by atoms with E-state index in [4.69, 9.17) is 4.74 Å². The summed E-state index contributed by atoms with van der Waals surface area (Å²) in [5.41, 5.74) is 1.78. The van der Waals surface area contributed by atoms with Crippen LogP contribution in [0.5, 0.6) is 5.75 Å². The molecule has 2 aromatic rings. The van der Waals surface area contributed by atoms with Crippen LogP contribution in [0.25, 0.3) is 11.6 Å². The second-order valence-corrected chi connectivity index (χ2v) is 5.92. The molecule has 0 aliphatic rings. The van der Waals surface area contributed by atoms with Gasteiger partial charge in [-0.3, -0.25) is 10.1 Å². The summed E-state index contributed by atoms with van der Waals surface area (Å²) >= 11 is 3.42. The molecule has 0 aromatic heterocycles. The number of hydrogen-bond donors (Lipinski definition) is 0. The zero-order valence-corrected chi connectivity index (χ0v) is 14.6. The molecule has 0 unspecified atom stereocenters. The summed E-state index contributed by atoms with van der Waals surface area (Å²) in [4.78, 5) is 10.3. The van der Waals surface area contributed by atoms with Gasteiger partial charge in [0.15, 0.2) is 0 Å². The zero-order chi connectivity index (χ0) is 17.5. The first-order valence-electron chi connectivity index (χ1n) is 7.34. The Morgan fingerprint density at radius 3 is 2.62 bits per heavy atom. The Hall–Kier alpha value is -2.65. The highest BCUT2D eigenvalue weighted by Gasteiger charge is 2.09. The van der Waals surface area contributed by atoms with Gasteiger partial charge >= 0.3 is 0 Å².